The van der Waals surface area contributed by atoms with Crippen LogP contribution in [-0.2, 0) is 0 Å². The van der Waals surface area contributed by atoms with Crippen molar-refractivity contribution in [2.75, 3.05) is 12.4 Å². The summed E-state index contributed by atoms with van der Waals surface area (Å²) in [5, 5.41) is 2.58. The number of carbonyl (C=O) groups excluding carboxylic acids is 1. The highest BCUT2D eigenvalue weighted by molar-refractivity contribution is 6.03. The van der Waals surface area contributed by atoms with Gasteiger partial charge in [-0.25, -0.2) is 14.4 Å². The molecule has 0 atom stereocenters. The van der Waals surface area contributed by atoms with Crippen molar-refractivity contribution in [3.05, 3.63) is 66.0 Å². The van der Waals surface area contributed by atoms with Gasteiger partial charge < -0.3 is 10.1 Å². The Morgan fingerprint density at radius 2 is 2.04 bits per heavy atom. The number of hydrogen-bond donors (Lipinski definition) is 1. The number of pyridine rings is 3. The molecule has 0 aromatic carbocycles. The van der Waals surface area contributed by atoms with Crippen molar-refractivity contribution in [1.29, 1.82) is 0 Å². The average Bonchev–Trinajstić information content (AvgIpc) is 2.63. The number of carbonyl (C=O) groups is 1. The number of anilines is 1. The fourth-order valence-corrected chi connectivity index (χ4v) is 2.28. The fraction of sp³-hybridized carbons (Fsp3) is 0.111. The maximum absolute atomic E-state index is 12.9. The molecule has 1 N–H and O–H groups in total. The summed E-state index contributed by atoms with van der Waals surface area (Å²) < 4.78 is 18.1. The van der Waals surface area contributed by atoms with Crippen LogP contribution in [0.5, 0.6) is 5.88 Å². The zero-order chi connectivity index (χ0) is 17.8. The Morgan fingerprint density at radius 1 is 1.20 bits per heavy atom. The average molecular weight is 338 g/mol. The van der Waals surface area contributed by atoms with Crippen LogP contribution in [0.25, 0.3) is 11.1 Å². The van der Waals surface area contributed by atoms with E-state index in [1.165, 1.54) is 19.2 Å². The molecular weight excluding hydrogens is 323 g/mol. The smallest absolute Gasteiger partial charge is 0.275 e. The number of amides is 1. The molecule has 0 saturated carbocycles. The second-order valence-electron chi connectivity index (χ2n) is 5.29. The summed E-state index contributed by atoms with van der Waals surface area (Å²) in [5.41, 5.74) is 2.80. The van der Waals surface area contributed by atoms with Crippen LogP contribution < -0.4 is 10.1 Å². The standard InChI is InChI=1S/C18H15FN4O2/c1-11-5-6-20-10-14(11)12-7-15(22-17(8-12)25-2)18(24)23-16-4-3-13(19)9-21-16/h3-10H,1-2H3,(H,21,23,24). The number of ether oxygens (including phenoxy) is 1. The summed E-state index contributed by atoms with van der Waals surface area (Å²) in [6.07, 6.45) is 4.44. The molecule has 1 amide bonds. The third-order valence-electron chi connectivity index (χ3n) is 3.56. The highest BCUT2D eigenvalue weighted by atomic mass is 19.1. The normalized spacial score (nSPS) is 10.4. The summed E-state index contributed by atoms with van der Waals surface area (Å²) in [6.45, 7) is 1.95. The van der Waals surface area contributed by atoms with Crippen molar-refractivity contribution in [1.82, 2.24) is 15.0 Å². The molecule has 0 aliphatic carbocycles. The topological polar surface area (TPSA) is 77.0 Å². The van der Waals surface area contributed by atoms with E-state index in [1.807, 2.05) is 13.0 Å². The molecule has 3 aromatic heterocycles. The van der Waals surface area contributed by atoms with Gasteiger partial charge in [-0.2, -0.15) is 0 Å². The van der Waals surface area contributed by atoms with Crippen molar-refractivity contribution in [2.24, 2.45) is 0 Å². The Balaban J connectivity index is 1.95. The number of nitrogens with one attached hydrogen (secondary N) is 1. The van der Waals surface area contributed by atoms with Gasteiger partial charge in [-0.3, -0.25) is 9.78 Å². The van der Waals surface area contributed by atoms with Crippen LogP contribution in [0, 0.1) is 12.7 Å². The van der Waals surface area contributed by atoms with Gasteiger partial charge in [0.2, 0.25) is 5.88 Å². The number of aromatic nitrogens is 3. The molecule has 3 heterocycles. The molecule has 3 rings (SSSR count). The van der Waals surface area contributed by atoms with Crippen LogP contribution in [0.1, 0.15) is 16.1 Å². The first kappa shape index (κ1) is 16.5. The monoisotopic (exact) mass is 338 g/mol. The van der Waals surface area contributed by atoms with Crippen LogP contribution in [0.15, 0.2) is 48.9 Å². The molecule has 0 saturated heterocycles. The molecule has 25 heavy (non-hydrogen) atoms. The van der Waals surface area contributed by atoms with Gasteiger partial charge in [0.25, 0.3) is 5.91 Å². The highest BCUT2D eigenvalue weighted by Gasteiger charge is 2.14. The molecule has 3 aromatic rings. The van der Waals surface area contributed by atoms with E-state index in [9.17, 15) is 9.18 Å². The Kier molecular flexibility index (Phi) is 4.65. The van der Waals surface area contributed by atoms with Gasteiger partial charge in [0.05, 0.1) is 13.3 Å². The van der Waals surface area contributed by atoms with Crippen LogP contribution in [-0.4, -0.2) is 28.0 Å². The second-order valence-corrected chi connectivity index (χ2v) is 5.29. The Hall–Kier alpha value is -3.35. The lowest BCUT2D eigenvalue weighted by atomic mass is 10.0. The van der Waals surface area contributed by atoms with Crippen LogP contribution in [0.3, 0.4) is 0 Å². The first-order valence-corrected chi connectivity index (χ1v) is 7.47. The first-order chi connectivity index (χ1) is 12.1. The maximum atomic E-state index is 12.9. The fourth-order valence-electron chi connectivity index (χ4n) is 2.28. The van der Waals surface area contributed by atoms with Crippen molar-refractivity contribution in [3.63, 3.8) is 0 Å². The minimum Gasteiger partial charge on any atom is -0.481 e. The molecule has 6 nitrogen and oxygen atoms in total. The van der Waals surface area contributed by atoms with Crippen LogP contribution in [0.2, 0.25) is 0 Å². The van der Waals surface area contributed by atoms with Gasteiger partial charge in [-0.1, -0.05) is 0 Å². The largest absolute Gasteiger partial charge is 0.481 e. The predicted octanol–water partition coefficient (Wildman–Crippen LogP) is 3.25. The van der Waals surface area contributed by atoms with Crippen LogP contribution in [0.4, 0.5) is 10.2 Å². The van der Waals surface area contributed by atoms with Crippen molar-refractivity contribution >= 4 is 11.7 Å². The molecule has 0 radical (unpaired) electrons. The maximum Gasteiger partial charge on any atom is 0.275 e. The van der Waals surface area contributed by atoms with Gasteiger partial charge in [0.15, 0.2) is 0 Å². The Labute approximate surface area is 143 Å². The zero-order valence-corrected chi connectivity index (χ0v) is 13.7. The molecular formula is C18H15FN4O2. The number of halogens is 1. The summed E-state index contributed by atoms with van der Waals surface area (Å²) in [7, 11) is 1.48. The summed E-state index contributed by atoms with van der Waals surface area (Å²) in [4.78, 5) is 24.5. The molecule has 7 heteroatoms. The van der Waals surface area contributed by atoms with Gasteiger partial charge >= 0.3 is 0 Å². The first-order valence-electron chi connectivity index (χ1n) is 7.47. The van der Waals surface area contributed by atoms with E-state index in [2.05, 4.69) is 20.3 Å². The van der Waals surface area contributed by atoms with E-state index < -0.39 is 11.7 Å². The van der Waals surface area contributed by atoms with E-state index >= 15 is 0 Å². The molecule has 0 spiro atoms. The van der Waals surface area contributed by atoms with E-state index in [4.69, 9.17) is 4.74 Å². The second kappa shape index (κ2) is 7.04. The third-order valence-corrected chi connectivity index (χ3v) is 3.56. The van der Waals surface area contributed by atoms with E-state index in [1.54, 1.807) is 24.5 Å². The lowest BCUT2D eigenvalue weighted by Gasteiger charge is -2.10. The highest BCUT2D eigenvalue weighted by Crippen LogP contribution is 2.26. The van der Waals surface area contributed by atoms with Gasteiger partial charge in [-0.05, 0) is 42.3 Å². The number of aryl methyl sites for hydroxylation is 1. The van der Waals surface area contributed by atoms with Crippen molar-refractivity contribution in [3.8, 4) is 17.0 Å². The minimum absolute atomic E-state index is 0.156. The van der Waals surface area contributed by atoms with E-state index in [-0.39, 0.29) is 11.5 Å². The lowest BCUT2D eigenvalue weighted by Crippen LogP contribution is -2.15. The van der Waals surface area contributed by atoms with Gasteiger partial charge in [0, 0.05) is 24.0 Å². The Morgan fingerprint density at radius 3 is 2.72 bits per heavy atom. The Bertz CT molecular complexity index is 913. The molecule has 0 fully saturated rings. The van der Waals surface area contributed by atoms with Gasteiger partial charge in [0.1, 0.15) is 17.3 Å². The summed E-state index contributed by atoms with van der Waals surface area (Å²) >= 11 is 0. The molecule has 0 unspecified atom stereocenters. The van der Waals surface area contributed by atoms with Gasteiger partial charge in [-0.15, -0.1) is 0 Å². The lowest BCUT2D eigenvalue weighted by molar-refractivity contribution is 0.102. The van der Waals surface area contributed by atoms with E-state index in [0.717, 1.165) is 22.9 Å². The quantitative estimate of drug-likeness (QED) is 0.790. The van der Waals surface area contributed by atoms with Crippen molar-refractivity contribution in [2.45, 2.75) is 6.92 Å². The van der Waals surface area contributed by atoms with Crippen molar-refractivity contribution < 1.29 is 13.9 Å². The SMILES string of the molecule is COc1cc(-c2cnccc2C)cc(C(=O)Nc2ccc(F)cn2)n1. The summed E-state index contributed by atoms with van der Waals surface area (Å²) in [6, 6.07) is 7.85. The summed E-state index contributed by atoms with van der Waals surface area (Å²) in [5.74, 6) is -0.416. The molecule has 126 valence electrons. The van der Waals surface area contributed by atoms with E-state index in [0.29, 0.717) is 5.88 Å². The third kappa shape index (κ3) is 3.77. The number of hydrogen-bond acceptors (Lipinski definition) is 5. The van der Waals surface area contributed by atoms with Crippen LogP contribution >= 0.6 is 0 Å². The number of rotatable bonds is 4. The number of nitrogens with zero attached hydrogens (tertiary/aromatic N) is 3. The zero-order valence-electron chi connectivity index (χ0n) is 13.7. The molecule has 0 aliphatic rings. The predicted molar refractivity (Wildman–Crippen MR) is 90.9 cm³/mol. The molecule has 0 bridgehead atoms. The number of methoxy groups -OCH3 is 1. The minimum atomic E-state index is -0.480. The molecule has 0 aliphatic heterocycles.